The maximum atomic E-state index is 13.1. The highest BCUT2D eigenvalue weighted by Crippen LogP contribution is 2.37. The highest BCUT2D eigenvalue weighted by Gasteiger charge is 2.51. The monoisotopic (exact) mass is 396 g/mol. The number of allylic oxidation sites excluding steroid dienone is 2. The van der Waals surface area contributed by atoms with Crippen molar-refractivity contribution in [3.05, 3.63) is 48.0 Å². The van der Waals surface area contributed by atoms with Gasteiger partial charge in [-0.3, -0.25) is 19.3 Å². The molecular weight excluding hydrogens is 364 g/mol. The van der Waals surface area contributed by atoms with E-state index in [1.165, 1.54) is 10.5 Å². The molecule has 3 amide bonds. The average Bonchev–Trinajstić information content (AvgIpc) is 2.98. The van der Waals surface area contributed by atoms with Crippen molar-refractivity contribution in [2.75, 3.05) is 6.54 Å². The summed E-state index contributed by atoms with van der Waals surface area (Å²) in [4.78, 5) is 40.4. The van der Waals surface area contributed by atoms with Gasteiger partial charge in [0.25, 0.3) is 0 Å². The molecule has 1 aromatic carbocycles. The van der Waals surface area contributed by atoms with Crippen LogP contribution in [0.5, 0.6) is 0 Å². The van der Waals surface area contributed by atoms with E-state index in [2.05, 4.69) is 24.4 Å². The van der Waals surface area contributed by atoms with E-state index in [4.69, 9.17) is 0 Å². The lowest BCUT2D eigenvalue weighted by Crippen LogP contribution is -2.51. The van der Waals surface area contributed by atoms with Crippen LogP contribution in [-0.4, -0.2) is 35.2 Å². The van der Waals surface area contributed by atoms with Crippen LogP contribution in [0, 0.1) is 17.8 Å². The number of amides is 3. The molecule has 1 aromatic rings. The molecule has 156 valence electrons. The third-order valence-electron chi connectivity index (χ3n) is 6.14. The number of carbonyl (C=O) groups excluding carboxylic acids is 3. The summed E-state index contributed by atoms with van der Waals surface area (Å²) < 4.78 is 0. The maximum Gasteiger partial charge on any atom is 0.243 e. The van der Waals surface area contributed by atoms with Gasteiger partial charge < -0.3 is 5.32 Å². The van der Waals surface area contributed by atoms with E-state index in [-0.39, 0.29) is 41.4 Å². The van der Waals surface area contributed by atoms with Gasteiger partial charge in [-0.15, -0.1) is 0 Å². The Labute approximate surface area is 173 Å². The minimum Gasteiger partial charge on any atom is -0.354 e. The van der Waals surface area contributed by atoms with Crippen LogP contribution in [0.3, 0.4) is 0 Å². The van der Waals surface area contributed by atoms with Crippen LogP contribution < -0.4 is 5.32 Å². The number of benzene rings is 1. The number of hydrogen-bond donors (Lipinski definition) is 1. The van der Waals surface area contributed by atoms with E-state index in [1.54, 1.807) is 0 Å². The molecule has 0 saturated carbocycles. The minimum atomic E-state index is -0.728. The van der Waals surface area contributed by atoms with Crippen LogP contribution in [-0.2, 0) is 14.4 Å². The average molecular weight is 397 g/mol. The van der Waals surface area contributed by atoms with Crippen molar-refractivity contribution in [2.45, 2.75) is 58.4 Å². The van der Waals surface area contributed by atoms with E-state index < -0.39 is 6.04 Å². The van der Waals surface area contributed by atoms with Crippen molar-refractivity contribution in [2.24, 2.45) is 17.8 Å². The summed E-state index contributed by atoms with van der Waals surface area (Å²) in [5.41, 5.74) is 1.18. The van der Waals surface area contributed by atoms with Gasteiger partial charge in [0.2, 0.25) is 17.7 Å². The predicted octanol–water partition coefficient (Wildman–Crippen LogP) is 3.66. The van der Waals surface area contributed by atoms with Gasteiger partial charge >= 0.3 is 0 Å². The molecular formula is C24H32N2O3. The number of imide groups is 1. The van der Waals surface area contributed by atoms with Gasteiger partial charge in [-0.1, -0.05) is 63.3 Å². The molecule has 0 radical (unpaired) electrons. The van der Waals surface area contributed by atoms with Crippen molar-refractivity contribution in [3.63, 3.8) is 0 Å². The molecule has 29 heavy (non-hydrogen) atoms. The van der Waals surface area contributed by atoms with E-state index >= 15 is 0 Å². The molecule has 3 rings (SSSR count). The lowest BCUT2D eigenvalue weighted by atomic mass is 9.85. The molecule has 0 aromatic heterocycles. The summed E-state index contributed by atoms with van der Waals surface area (Å²) in [5.74, 6) is -0.785. The van der Waals surface area contributed by atoms with Crippen LogP contribution in [0.2, 0.25) is 0 Å². The Hall–Kier alpha value is -2.43. The van der Waals surface area contributed by atoms with Crippen LogP contribution in [0.25, 0.3) is 0 Å². The summed E-state index contributed by atoms with van der Waals surface area (Å²) in [7, 11) is 0. The molecule has 0 spiro atoms. The molecule has 1 saturated heterocycles. The molecule has 1 aliphatic heterocycles. The first-order valence-corrected chi connectivity index (χ1v) is 10.8. The smallest absolute Gasteiger partial charge is 0.243 e. The van der Waals surface area contributed by atoms with Crippen LogP contribution >= 0.6 is 0 Å². The predicted molar refractivity (Wildman–Crippen MR) is 113 cm³/mol. The molecule has 5 heteroatoms. The summed E-state index contributed by atoms with van der Waals surface area (Å²) in [6.45, 7) is 6.62. The maximum absolute atomic E-state index is 13.1. The topological polar surface area (TPSA) is 66.5 Å². The second-order valence-corrected chi connectivity index (χ2v) is 8.61. The normalized spacial score (nSPS) is 23.2. The third-order valence-corrected chi connectivity index (χ3v) is 6.14. The zero-order valence-electron chi connectivity index (χ0n) is 17.6. The number of rotatable bonds is 8. The van der Waals surface area contributed by atoms with Crippen molar-refractivity contribution >= 4 is 17.7 Å². The van der Waals surface area contributed by atoms with Gasteiger partial charge in [0.05, 0.1) is 11.8 Å². The largest absolute Gasteiger partial charge is 0.354 e. The second-order valence-electron chi connectivity index (χ2n) is 8.61. The number of fused-ring (bicyclic) bond motifs is 1. The molecule has 2 aliphatic rings. The zero-order chi connectivity index (χ0) is 21.0. The molecule has 1 N–H and O–H groups in total. The third kappa shape index (κ3) is 4.60. The van der Waals surface area contributed by atoms with E-state index in [1.807, 2.05) is 44.2 Å². The Morgan fingerprint density at radius 3 is 2.17 bits per heavy atom. The number of hydrogen-bond acceptors (Lipinski definition) is 3. The summed E-state index contributed by atoms with van der Waals surface area (Å²) in [6.07, 6.45) is 6.51. The van der Waals surface area contributed by atoms with E-state index in [0.717, 1.165) is 6.42 Å². The van der Waals surface area contributed by atoms with E-state index in [9.17, 15) is 14.4 Å². The first-order chi connectivity index (χ1) is 13.9. The Kier molecular flexibility index (Phi) is 6.88. The first-order valence-electron chi connectivity index (χ1n) is 10.8. The highest BCUT2D eigenvalue weighted by atomic mass is 16.2. The molecule has 0 bridgehead atoms. The van der Waals surface area contributed by atoms with Crippen molar-refractivity contribution in [1.29, 1.82) is 0 Å². The van der Waals surface area contributed by atoms with Crippen LogP contribution in [0.15, 0.2) is 42.5 Å². The minimum absolute atomic E-state index is 0.180. The molecule has 4 atom stereocenters. The van der Waals surface area contributed by atoms with Gasteiger partial charge in [-0.25, -0.2) is 0 Å². The van der Waals surface area contributed by atoms with Gasteiger partial charge in [-0.2, -0.15) is 0 Å². The van der Waals surface area contributed by atoms with Gasteiger partial charge in [-0.05, 0) is 37.2 Å². The van der Waals surface area contributed by atoms with Gasteiger partial charge in [0.15, 0.2) is 0 Å². The highest BCUT2D eigenvalue weighted by molar-refractivity contribution is 6.08. The fourth-order valence-electron chi connectivity index (χ4n) is 4.47. The molecule has 1 heterocycles. The quantitative estimate of drug-likeness (QED) is 0.539. The number of nitrogens with one attached hydrogen (secondary N) is 1. The Balaban J connectivity index is 1.73. The zero-order valence-corrected chi connectivity index (χ0v) is 17.6. The number of carbonyl (C=O) groups is 3. The first kappa shape index (κ1) is 21.3. The summed E-state index contributed by atoms with van der Waals surface area (Å²) >= 11 is 0. The van der Waals surface area contributed by atoms with E-state index in [0.29, 0.717) is 25.8 Å². The summed E-state index contributed by atoms with van der Waals surface area (Å²) in [6, 6.07) is 9.38. The Morgan fingerprint density at radius 2 is 1.66 bits per heavy atom. The molecule has 5 nitrogen and oxygen atoms in total. The SMILES string of the molecule is CCC(CNC(=O)C(CC(C)C)N1C(=O)C2CC=CCC2C1=O)c1ccccc1. The van der Waals surface area contributed by atoms with Gasteiger partial charge in [0.1, 0.15) is 6.04 Å². The fraction of sp³-hybridized carbons (Fsp3) is 0.542. The molecule has 1 fully saturated rings. The number of likely N-dealkylation sites (tertiary alicyclic amines) is 1. The van der Waals surface area contributed by atoms with Crippen molar-refractivity contribution in [3.8, 4) is 0 Å². The fourth-order valence-corrected chi connectivity index (χ4v) is 4.47. The Morgan fingerprint density at radius 1 is 1.07 bits per heavy atom. The van der Waals surface area contributed by atoms with Crippen LogP contribution in [0.1, 0.15) is 57.9 Å². The van der Waals surface area contributed by atoms with Gasteiger partial charge in [0, 0.05) is 12.5 Å². The second kappa shape index (κ2) is 9.38. The molecule has 1 aliphatic carbocycles. The lowest BCUT2D eigenvalue weighted by Gasteiger charge is -2.28. The molecule has 4 unspecified atom stereocenters. The standard InChI is InChI=1S/C24H32N2O3/c1-4-17(18-10-6-5-7-11-18)15-25-22(27)21(14-16(2)3)26-23(28)19-12-8-9-13-20(19)24(26)29/h5-11,16-17,19-21H,4,12-15H2,1-3H3,(H,25,27). The summed E-state index contributed by atoms with van der Waals surface area (Å²) in [5, 5.41) is 3.04. The number of nitrogens with zero attached hydrogens (tertiary/aromatic N) is 1. The lowest BCUT2D eigenvalue weighted by molar-refractivity contribution is -0.148. The van der Waals surface area contributed by atoms with Crippen LogP contribution in [0.4, 0.5) is 0 Å². The van der Waals surface area contributed by atoms with Crippen molar-refractivity contribution < 1.29 is 14.4 Å². The van der Waals surface area contributed by atoms with Crippen molar-refractivity contribution in [1.82, 2.24) is 10.2 Å². The Bertz CT molecular complexity index is 746.